The first kappa shape index (κ1) is 35.5. The maximum Gasteiger partial charge on any atom is 0.255 e. The number of benzene rings is 4. The topological polar surface area (TPSA) is 132 Å². The standard InChI is InChI=1S/C40H41N3O9/c1-23-10-13-29-28(17-23)40(44)42-39(41-29)26-12-15-32(34(19-26)46-4)50-16-8-9-24(2)51-35-18-25(11-14-31(35)45-3)30-22-33(52-43-30)27-20-36(47-5)38(49-7)37(21-27)48-6/h10-15,17-22,39,41H,2,8-9,16H2,1,3-7H3,(H,42,44). The van der Waals surface area contributed by atoms with Crippen molar-refractivity contribution < 1.29 is 42.5 Å². The fourth-order valence-corrected chi connectivity index (χ4v) is 5.87. The largest absolute Gasteiger partial charge is 0.493 e. The Morgan fingerprint density at radius 1 is 0.750 bits per heavy atom. The second-order valence-electron chi connectivity index (χ2n) is 12.0. The third-order valence-corrected chi connectivity index (χ3v) is 8.55. The lowest BCUT2D eigenvalue weighted by molar-refractivity contribution is 0.0935. The molecule has 1 amide bonds. The van der Waals surface area contributed by atoms with Crippen molar-refractivity contribution in [3.63, 3.8) is 0 Å². The summed E-state index contributed by atoms with van der Waals surface area (Å²) in [5.74, 6) is 4.58. The quantitative estimate of drug-likeness (QED) is 0.0811. The number of ether oxygens (including phenoxy) is 7. The molecule has 270 valence electrons. The summed E-state index contributed by atoms with van der Waals surface area (Å²) in [7, 11) is 7.83. The summed E-state index contributed by atoms with van der Waals surface area (Å²) in [5.41, 5.74) is 5.32. The molecule has 12 heteroatoms. The molecule has 1 aromatic heterocycles. The molecule has 2 heterocycles. The third-order valence-electron chi connectivity index (χ3n) is 8.55. The van der Waals surface area contributed by atoms with Gasteiger partial charge in [0.05, 0.1) is 53.5 Å². The number of allylic oxidation sites excluding steroid dienone is 1. The van der Waals surface area contributed by atoms with Gasteiger partial charge in [-0.15, -0.1) is 0 Å². The van der Waals surface area contributed by atoms with Crippen molar-refractivity contribution in [2.45, 2.75) is 25.9 Å². The first-order chi connectivity index (χ1) is 25.2. The maximum atomic E-state index is 12.8. The molecule has 52 heavy (non-hydrogen) atoms. The first-order valence-corrected chi connectivity index (χ1v) is 16.5. The number of nitrogens with one attached hydrogen (secondary N) is 2. The average Bonchev–Trinajstić information content (AvgIpc) is 3.66. The summed E-state index contributed by atoms with van der Waals surface area (Å²) in [4.78, 5) is 12.8. The van der Waals surface area contributed by atoms with Gasteiger partial charge in [-0.25, -0.2) is 0 Å². The number of carbonyl (C=O) groups excluding carboxylic acids is 1. The lowest BCUT2D eigenvalue weighted by Gasteiger charge is -2.28. The number of hydrogen-bond donors (Lipinski definition) is 2. The number of fused-ring (bicyclic) bond motifs is 1. The molecule has 0 saturated heterocycles. The Labute approximate surface area is 302 Å². The fourth-order valence-electron chi connectivity index (χ4n) is 5.87. The predicted octanol–water partition coefficient (Wildman–Crippen LogP) is 7.97. The Kier molecular flexibility index (Phi) is 10.7. The van der Waals surface area contributed by atoms with Crippen LogP contribution in [0.2, 0.25) is 0 Å². The van der Waals surface area contributed by atoms with E-state index in [1.54, 1.807) is 53.7 Å². The molecule has 1 aliphatic rings. The molecule has 6 rings (SSSR count). The van der Waals surface area contributed by atoms with Crippen LogP contribution in [0.1, 0.15) is 40.5 Å². The van der Waals surface area contributed by atoms with E-state index in [4.69, 9.17) is 37.7 Å². The Hall–Kier alpha value is -6.30. The monoisotopic (exact) mass is 707 g/mol. The number of methoxy groups -OCH3 is 5. The summed E-state index contributed by atoms with van der Waals surface area (Å²) >= 11 is 0. The van der Waals surface area contributed by atoms with Crippen LogP contribution in [-0.2, 0) is 0 Å². The van der Waals surface area contributed by atoms with Crippen molar-refractivity contribution in [2.24, 2.45) is 0 Å². The van der Waals surface area contributed by atoms with Gasteiger partial charge in [0, 0.05) is 29.3 Å². The van der Waals surface area contributed by atoms with E-state index in [0.717, 1.165) is 22.4 Å². The zero-order valence-corrected chi connectivity index (χ0v) is 30.0. The van der Waals surface area contributed by atoms with Gasteiger partial charge >= 0.3 is 0 Å². The lowest BCUT2D eigenvalue weighted by Crippen LogP contribution is -2.38. The van der Waals surface area contributed by atoms with Gasteiger partial charge in [0.15, 0.2) is 40.3 Å². The zero-order valence-electron chi connectivity index (χ0n) is 30.0. The van der Waals surface area contributed by atoms with Crippen molar-refractivity contribution in [1.29, 1.82) is 0 Å². The zero-order chi connectivity index (χ0) is 36.8. The van der Waals surface area contributed by atoms with Crippen LogP contribution < -0.4 is 43.8 Å². The van der Waals surface area contributed by atoms with Crippen molar-refractivity contribution in [1.82, 2.24) is 10.5 Å². The van der Waals surface area contributed by atoms with Crippen molar-refractivity contribution >= 4 is 11.6 Å². The minimum atomic E-state index is -0.408. The number of anilines is 1. The molecule has 1 atom stereocenters. The molecule has 5 aromatic rings. The minimum absolute atomic E-state index is 0.131. The number of amides is 1. The van der Waals surface area contributed by atoms with Gasteiger partial charge in [0.25, 0.3) is 5.91 Å². The SMILES string of the molecule is C=C(CCCOc1ccc(C2NC(=O)c3cc(C)ccc3N2)cc1OC)Oc1cc(-c2cc(-c3cc(OC)c(OC)c(OC)c3)on2)ccc1OC. The third kappa shape index (κ3) is 7.55. The highest BCUT2D eigenvalue weighted by Crippen LogP contribution is 2.42. The van der Waals surface area contributed by atoms with E-state index in [1.165, 1.54) is 0 Å². The molecule has 0 saturated carbocycles. The van der Waals surface area contributed by atoms with Crippen molar-refractivity contribution in [3.05, 3.63) is 102 Å². The maximum absolute atomic E-state index is 12.8. The van der Waals surface area contributed by atoms with E-state index in [-0.39, 0.29) is 5.91 Å². The van der Waals surface area contributed by atoms with Gasteiger partial charge < -0.3 is 48.3 Å². The van der Waals surface area contributed by atoms with Gasteiger partial charge in [-0.2, -0.15) is 0 Å². The van der Waals surface area contributed by atoms with Crippen LogP contribution in [-0.4, -0.2) is 53.2 Å². The van der Waals surface area contributed by atoms with Crippen molar-refractivity contribution in [2.75, 3.05) is 47.5 Å². The minimum Gasteiger partial charge on any atom is -0.493 e. The normalized spacial score (nSPS) is 13.3. The Bertz CT molecular complexity index is 2070. The summed E-state index contributed by atoms with van der Waals surface area (Å²) < 4.78 is 45.5. The Morgan fingerprint density at radius 2 is 1.46 bits per heavy atom. The van der Waals surface area contributed by atoms with Crippen LogP contribution in [0.15, 0.2) is 89.7 Å². The van der Waals surface area contributed by atoms with Crippen LogP contribution in [0, 0.1) is 6.92 Å². The lowest BCUT2D eigenvalue weighted by atomic mass is 10.0. The van der Waals surface area contributed by atoms with Crippen LogP contribution >= 0.6 is 0 Å². The second kappa shape index (κ2) is 15.7. The van der Waals surface area contributed by atoms with Crippen LogP contribution in [0.3, 0.4) is 0 Å². The summed E-state index contributed by atoms with van der Waals surface area (Å²) in [6, 6.07) is 22.3. The number of hydrogen-bond acceptors (Lipinski definition) is 11. The highest BCUT2D eigenvalue weighted by Gasteiger charge is 2.25. The van der Waals surface area contributed by atoms with E-state index < -0.39 is 6.17 Å². The van der Waals surface area contributed by atoms with E-state index in [9.17, 15) is 4.79 Å². The number of carbonyl (C=O) groups is 1. The molecule has 0 fully saturated rings. The van der Waals surface area contributed by atoms with E-state index in [1.807, 2.05) is 61.5 Å². The molecule has 2 N–H and O–H groups in total. The van der Waals surface area contributed by atoms with Crippen LogP contribution in [0.25, 0.3) is 22.6 Å². The molecule has 0 aliphatic carbocycles. The Balaban J connectivity index is 1.06. The molecular formula is C40H41N3O9. The molecule has 0 spiro atoms. The smallest absolute Gasteiger partial charge is 0.255 e. The van der Waals surface area contributed by atoms with E-state index in [0.29, 0.717) is 88.0 Å². The number of nitrogens with zero attached hydrogens (tertiary/aromatic N) is 1. The highest BCUT2D eigenvalue weighted by atomic mass is 16.5. The van der Waals surface area contributed by atoms with E-state index in [2.05, 4.69) is 22.4 Å². The molecule has 12 nitrogen and oxygen atoms in total. The van der Waals surface area contributed by atoms with Crippen molar-refractivity contribution in [3.8, 4) is 62.8 Å². The molecule has 4 aromatic carbocycles. The number of aromatic nitrogens is 1. The predicted molar refractivity (Wildman–Crippen MR) is 196 cm³/mol. The summed E-state index contributed by atoms with van der Waals surface area (Å²) in [6.07, 6.45) is 0.749. The molecule has 0 bridgehead atoms. The van der Waals surface area contributed by atoms with E-state index >= 15 is 0 Å². The van der Waals surface area contributed by atoms with Crippen LogP contribution in [0.4, 0.5) is 5.69 Å². The molecule has 1 unspecified atom stereocenters. The van der Waals surface area contributed by atoms with Crippen LogP contribution in [0.5, 0.6) is 40.2 Å². The number of aryl methyl sites for hydroxylation is 1. The number of rotatable bonds is 15. The van der Waals surface area contributed by atoms with Gasteiger partial charge in [-0.05, 0) is 73.5 Å². The van der Waals surface area contributed by atoms with Gasteiger partial charge in [-0.1, -0.05) is 29.4 Å². The molecular weight excluding hydrogens is 666 g/mol. The molecule has 1 aliphatic heterocycles. The molecule has 0 radical (unpaired) electrons. The van der Waals surface area contributed by atoms with Gasteiger partial charge in [0.1, 0.15) is 11.9 Å². The summed E-state index contributed by atoms with van der Waals surface area (Å²) in [6.45, 7) is 6.47. The Morgan fingerprint density at radius 3 is 2.17 bits per heavy atom. The van der Waals surface area contributed by atoms with Gasteiger partial charge in [-0.3, -0.25) is 4.79 Å². The summed E-state index contributed by atoms with van der Waals surface area (Å²) in [5, 5.41) is 10.7. The second-order valence-corrected chi connectivity index (χ2v) is 12.0. The average molecular weight is 708 g/mol. The fraction of sp³-hybridized carbons (Fsp3) is 0.250. The highest BCUT2D eigenvalue weighted by molar-refractivity contribution is 6.02. The van der Waals surface area contributed by atoms with Gasteiger partial charge in [0.2, 0.25) is 5.75 Å². The first-order valence-electron chi connectivity index (χ1n) is 16.5.